The van der Waals surface area contributed by atoms with Gasteiger partial charge in [0.1, 0.15) is 6.17 Å². The Hall–Kier alpha value is -0.660. The van der Waals surface area contributed by atoms with E-state index in [4.69, 9.17) is 0 Å². The average Bonchev–Trinajstić information content (AvgIpc) is 3.24. The largest absolute Gasteiger partial charge is 0.356 e. The van der Waals surface area contributed by atoms with E-state index in [0.717, 1.165) is 0 Å². The monoisotopic (exact) mass is 477 g/mol. The Morgan fingerprint density at radius 1 is 0.500 bits per heavy atom. The van der Waals surface area contributed by atoms with Crippen LogP contribution in [0.4, 0.5) is 0 Å². The molecule has 1 heterocycles. The molecule has 0 saturated carbocycles. The Morgan fingerprint density at radius 3 is 1.29 bits per heavy atom. The third kappa shape index (κ3) is 16.1. The van der Waals surface area contributed by atoms with Crippen molar-refractivity contribution in [3.8, 4) is 0 Å². The first kappa shape index (κ1) is 31.4. The molecule has 34 heavy (non-hydrogen) atoms. The van der Waals surface area contributed by atoms with Crippen LogP contribution in [0.25, 0.3) is 0 Å². The predicted octanol–water partition coefficient (Wildman–Crippen LogP) is 10.8. The molecule has 2 heteroatoms. The molecule has 0 saturated heterocycles. The number of rotatable bonds is 25. The van der Waals surface area contributed by atoms with Crippen molar-refractivity contribution in [1.29, 1.82) is 0 Å². The van der Waals surface area contributed by atoms with Crippen molar-refractivity contribution in [3.05, 3.63) is 12.4 Å². The summed E-state index contributed by atoms with van der Waals surface area (Å²) in [6, 6.07) is 0.608. The molecule has 2 nitrogen and oxygen atoms in total. The standard InChI is InChI=1S/C32H64N2/c1-5-7-9-11-13-15-17-18-20-22-24-26-28-33-29-30-34(31(3)4)32(33)27-25-23-21-19-16-14-12-10-8-6-2/h29-32H,5-28H2,1-4H3. The van der Waals surface area contributed by atoms with Crippen molar-refractivity contribution in [2.75, 3.05) is 6.54 Å². The third-order valence-corrected chi connectivity index (χ3v) is 7.84. The van der Waals surface area contributed by atoms with Crippen molar-refractivity contribution in [2.45, 2.75) is 188 Å². The van der Waals surface area contributed by atoms with Gasteiger partial charge in [0.05, 0.1) is 0 Å². The second-order valence-corrected chi connectivity index (χ2v) is 11.4. The molecule has 0 bridgehead atoms. The quantitative estimate of drug-likeness (QED) is 0.121. The molecular formula is C32H64N2. The van der Waals surface area contributed by atoms with Crippen molar-refractivity contribution >= 4 is 0 Å². The zero-order valence-corrected chi connectivity index (χ0v) is 24.2. The van der Waals surface area contributed by atoms with Crippen LogP contribution in [0.5, 0.6) is 0 Å². The van der Waals surface area contributed by atoms with Crippen LogP contribution in [0.2, 0.25) is 0 Å². The van der Waals surface area contributed by atoms with Gasteiger partial charge in [-0.2, -0.15) is 0 Å². The lowest BCUT2D eigenvalue weighted by molar-refractivity contribution is 0.114. The Bertz CT molecular complexity index is 444. The average molecular weight is 477 g/mol. The maximum atomic E-state index is 2.66. The lowest BCUT2D eigenvalue weighted by atomic mass is 10.0. The van der Waals surface area contributed by atoms with Gasteiger partial charge in [0, 0.05) is 25.0 Å². The molecule has 0 aromatic heterocycles. The maximum absolute atomic E-state index is 2.66. The van der Waals surface area contributed by atoms with Crippen LogP contribution in [0.15, 0.2) is 12.4 Å². The molecule has 1 atom stereocenters. The lowest BCUT2D eigenvalue weighted by Gasteiger charge is -2.35. The van der Waals surface area contributed by atoms with E-state index in [2.05, 4.69) is 49.9 Å². The first-order valence-corrected chi connectivity index (χ1v) is 15.9. The molecule has 1 aliphatic heterocycles. The molecule has 0 aliphatic carbocycles. The molecule has 1 unspecified atom stereocenters. The summed E-state index contributed by atoms with van der Waals surface area (Å²) in [6.45, 7) is 10.6. The molecule has 0 fully saturated rings. The lowest BCUT2D eigenvalue weighted by Crippen LogP contribution is -2.42. The summed E-state index contributed by atoms with van der Waals surface area (Å²) in [5.41, 5.74) is 0. The molecule has 0 aromatic carbocycles. The van der Waals surface area contributed by atoms with Gasteiger partial charge < -0.3 is 9.80 Å². The summed E-state index contributed by atoms with van der Waals surface area (Å²) in [6.07, 6.45) is 38.2. The van der Waals surface area contributed by atoms with Crippen molar-refractivity contribution in [2.24, 2.45) is 0 Å². The second kappa shape index (κ2) is 22.8. The fourth-order valence-corrected chi connectivity index (χ4v) is 5.54. The number of hydrogen-bond donors (Lipinski definition) is 0. The smallest absolute Gasteiger partial charge is 0.101 e. The molecule has 0 spiro atoms. The summed E-state index contributed by atoms with van der Waals surface area (Å²) in [5.74, 6) is 0. The molecule has 0 radical (unpaired) electrons. The highest BCUT2D eigenvalue weighted by Crippen LogP contribution is 2.25. The second-order valence-electron chi connectivity index (χ2n) is 11.4. The molecular weight excluding hydrogens is 412 g/mol. The number of unbranched alkanes of at least 4 members (excludes halogenated alkanes) is 20. The highest BCUT2D eigenvalue weighted by molar-refractivity contribution is 4.98. The van der Waals surface area contributed by atoms with Crippen LogP contribution in [-0.4, -0.2) is 28.6 Å². The van der Waals surface area contributed by atoms with Gasteiger partial charge in [-0.25, -0.2) is 0 Å². The molecule has 1 rings (SSSR count). The first-order valence-electron chi connectivity index (χ1n) is 15.9. The molecule has 202 valence electrons. The molecule has 0 amide bonds. The minimum Gasteiger partial charge on any atom is -0.356 e. The van der Waals surface area contributed by atoms with Gasteiger partial charge in [0.2, 0.25) is 0 Å². The van der Waals surface area contributed by atoms with Crippen LogP contribution >= 0.6 is 0 Å². The van der Waals surface area contributed by atoms with Crippen LogP contribution in [0, 0.1) is 0 Å². The Balaban J connectivity index is 2.07. The van der Waals surface area contributed by atoms with E-state index in [-0.39, 0.29) is 0 Å². The highest BCUT2D eigenvalue weighted by atomic mass is 15.4. The van der Waals surface area contributed by atoms with Gasteiger partial charge in [0.25, 0.3) is 0 Å². The fourth-order valence-electron chi connectivity index (χ4n) is 5.54. The molecule has 0 aromatic rings. The van der Waals surface area contributed by atoms with Crippen molar-refractivity contribution in [1.82, 2.24) is 9.80 Å². The van der Waals surface area contributed by atoms with E-state index in [1.54, 1.807) is 0 Å². The minimum atomic E-state index is 0.608. The third-order valence-electron chi connectivity index (χ3n) is 7.84. The van der Waals surface area contributed by atoms with E-state index >= 15 is 0 Å². The minimum absolute atomic E-state index is 0.608. The van der Waals surface area contributed by atoms with Gasteiger partial charge in [-0.3, -0.25) is 0 Å². The van der Waals surface area contributed by atoms with Gasteiger partial charge >= 0.3 is 0 Å². The van der Waals surface area contributed by atoms with Crippen LogP contribution < -0.4 is 0 Å². The van der Waals surface area contributed by atoms with E-state index in [0.29, 0.717) is 12.2 Å². The van der Waals surface area contributed by atoms with E-state index in [1.807, 2.05) is 0 Å². The summed E-state index contributed by atoms with van der Waals surface area (Å²) in [4.78, 5) is 5.26. The maximum Gasteiger partial charge on any atom is 0.101 e. The van der Waals surface area contributed by atoms with Gasteiger partial charge in [-0.15, -0.1) is 0 Å². The van der Waals surface area contributed by atoms with Gasteiger partial charge in [0.15, 0.2) is 0 Å². The number of nitrogens with zero attached hydrogens (tertiary/aromatic N) is 2. The predicted molar refractivity (Wildman–Crippen MR) is 154 cm³/mol. The van der Waals surface area contributed by atoms with E-state index in [9.17, 15) is 0 Å². The Labute approximate surface area is 216 Å². The summed E-state index contributed by atoms with van der Waals surface area (Å²) in [7, 11) is 0. The Morgan fingerprint density at radius 2 is 0.882 bits per heavy atom. The highest BCUT2D eigenvalue weighted by Gasteiger charge is 2.26. The fraction of sp³-hybridized carbons (Fsp3) is 0.938. The Kier molecular flexibility index (Phi) is 21.0. The SMILES string of the molecule is CCCCCCCCCCCCCCN1C=CN(C(C)C)C1CCCCCCCCCCCC. The van der Waals surface area contributed by atoms with E-state index in [1.165, 1.54) is 154 Å². The van der Waals surface area contributed by atoms with Gasteiger partial charge in [-0.05, 0) is 33.1 Å². The van der Waals surface area contributed by atoms with Crippen LogP contribution in [0.3, 0.4) is 0 Å². The van der Waals surface area contributed by atoms with Crippen molar-refractivity contribution < 1.29 is 0 Å². The first-order chi connectivity index (χ1) is 16.7. The van der Waals surface area contributed by atoms with E-state index < -0.39 is 0 Å². The zero-order chi connectivity index (χ0) is 24.7. The summed E-state index contributed by atoms with van der Waals surface area (Å²) < 4.78 is 0. The summed E-state index contributed by atoms with van der Waals surface area (Å²) in [5, 5.41) is 0. The van der Waals surface area contributed by atoms with Crippen LogP contribution in [-0.2, 0) is 0 Å². The van der Waals surface area contributed by atoms with Gasteiger partial charge in [-0.1, -0.05) is 142 Å². The number of hydrogen-bond acceptors (Lipinski definition) is 2. The van der Waals surface area contributed by atoms with Crippen molar-refractivity contribution in [3.63, 3.8) is 0 Å². The molecule has 0 N–H and O–H groups in total. The topological polar surface area (TPSA) is 6.48 Å². The summed E-state index contributed by atoms with van der Waals surface area (Å²) >= 11 is 0. The normalized spacial score (nSPS) is 15.9. The molecule has 1 aliphatic rings. The zero-order valence-electron chi connectivity index (χ0n) is 24.2. The van der Waals surface area contributed by atoms with Crippen LogP contribution in [0.1, 0.15) is 175 Å².